The smallest absolute Gasteiger partial charge is 0.00264 e. The molecule has 6 aromatic rings. The van der Waals surface area contributed by atoms with E-state index in [1.54, 1.807) is 0 Å². The van der Waals surface area contributed by atoms with Crippen molar-refractivity contribution in [2.75, 3.05) is 0 Å². The van der Waals surface area contributed by atoms with Crippen LogP contribution in [0, 0.1) is 6.92 Å². The number of aryl methyl sites for hydroxylation is 1. The van der Waals surface area contributed by atoms with Crippen LogP contribution < -0.4 is 0 Å². The largest absolute Gasteiger partial charge is 0.0610 e. The van der Waals surface area contributed by atoms with Gasteiger partial charge in [0.05, 0.1) is 0 Å². The average Bonchev–Trinajstić information content (AvgIpc) is 3.07. The highest BCUT2D eigenvalue weighted by atomic mass is 14.2. The van der Waals surface area contributed by atoms with Crippen molar-refractivity contribution < 1.29 is 0 Å². The van der Waals surface area contributed by atoms with Gasteiger partial charge < -0.3 is 0 Å². The van der Waals surface area contributed by atoms with Crippen LogP contribution in [0.4, 0.5) is 0 Å². The standard InChI is InChI=1S/C29H18/c1-17-8-11-21-19(14-17)9-13-23-22(21)12-10-20-15-27-24-6-2-4-18-5-3-7-25(29(18)24)28(27)16-26(20)23/h2-16H,1H3. The third-order valence-corrected chi connectivity index (χ3v) is 6.61. The van der Waals surface area contributed by atoms with Crippen LogP contribution in [-0.4, -0.2) is 0 Å². The van der Waals surface area contributed by atoms with Gasteiger partial charge in [0.15, 0.2) is 0 Å². The lowest BCUT2D eigenvalue weighted by Gasteiger charge is -2.11. The average molecular weight is 366 g/mol. The Kier molecular flexibility index (Phi) is 2.77. The van der Waals surface area contributed by atoms with Crippen molar-refractivity contribution in [2.24, 2.45) is 0 Å². The molecule has 134 valence electrons. The van der Waals surface area contributed by atoms with Gasteiger partial charge in [0.1, 0.15) is 0 Å². The van der Waals surface area contributed by atoms with E-state index in [9.17, 15) is 0 Å². The summed E-state index contributed by atoms with van der Waals surface area (Å²) < 4.78 is 0. The zero-order valence-electron chi connectivity index (χ0n) is 16.2. The SMILES string of the molecule is Cc1ccc2c(ccc3c4cc5c(cc4ccc23)-c2cccc3cccc-5c23)c1. The van der Waals surface area contributed by atoms with Crippen molar-refractivity contribution in [1.29, 1.82) is 0 Å². The van der Waals surface area contributed by atoms with Gasteiger partial charge in [-0.15, -0.1) is 0 Å². The van der Waals surface area contributed by atoms with Crippen molar-refractivity contribution in [3.8, 4) is 22.3 Å². The summed E-state index contributed by atoms with van der Waals surface area (Å²) in [5, 5.41) is 10.7. The summed E-state index contributed by atoms with van der Waals surface area (Å²) in [5.74, 6) is 0. The van der Waals surface area contributed by atoms with E-state index in [1.807, 2.05) is 0 Å². The molecule has 0 aliphatic heterocycles. The molecule has 0 N–H and O–H groups in total. The molecular formula is C29H18. The van der Waals surface area contributed by atoms with E-state index in [-0.39, 0.29) is 0 Å². The molecule has 0 saturated carbocycles. The second-order valence-corrected chi connectivity index (χ2v) is 8.28. The highest BCUT2D eigenvalue weighted by molar-refractivity contribution is 6.22. The molecule has 0 heterocycles. The monoisotopic (exact) mass is 366 g/mol. The van der Waals surface area contributed by atoms with Gasteiger partial charge >= 0.3 is 0 Å². The number of fused-ring (bicyclic) bond motifs is 8. The maximum atomic E-state index is 2.42. The molecule has 0 aromatic heterocycles. The molecule has 1 aliphatic carbocycles. The first-order valence-electron chi connectivity index (χ1n) is 10.2. The van der Waals surface area contributed by atoms with E-state index in [1.165, 1.54) is 70.9 Å². The molecule has 6 aromatic carbocycles. The summed E-state index contributed by atoms with van der Waals surface area (Å²) in [5.41, 5.74) is 6.76. The molecule has 0 nitrogen and oxygen atoms in total. The maximum absolute atomic E-state index is 2.42. The van der Waals surface area contributed by atoms with Crippen molar-refractivity contribution in [3.05, 3.63) is 96.6 Å². The van der Waals surface area contributed by atoms with Gasteiger partial charge in [-0.3, -0.25) is 0 Å². The second kappa shape index (κ2) is 5.24. The summed E-state index contributed by atoms with van der Waals surface area (Å²) >= 11 is 0. The van der Waals surface area contributed by atoms with Crippen molar-refractivity contribution in [3.63, 3.8) is 0 Å². The molecule has 0 fully saturated rings. The Morgan fingerprint density at radius 2 is 1.03 bits per heavy atom. The van der Waals surface area contributed by atoms with Gasteiger partial charge in [0.2, 0.25) is 0 Å². The minimum atomic E-state index is 1.31. The van der Waals surface area contributed by atoms with Gasteiger partial charge in [0, 0.05) is 0 Å². The quantitative estimate of drug-likeness (QED) is 0.237. The van der Waals surface area contributed by atoms with Crippen LogP contribution in [0.25, 0.3) is 65.3 Å². The topological polar surface area (TPSA) is 0 Å². The highest BCUT2D eigenvalue weighted by Gasteiger charge is 2.21. The lowest BCUT2D eigenvalue weighted by Crippen LogP contribution is -1.84. The van der Waals surface area contributed by atoms with Gasteiger partial charge in [-0.25, -0.2) is 0 Å². The number of benzene rings is 6. The van der Waals surface area contributed by atoms with Crippen LogP contribution in [0.5, 0.6) is 0 Å². The molecule has 0 radical (unpaired) electrons. The van der Waals surface area contributed by atoms with Crippen molar-refractivity contribution in [2.45, 2.75) is 6.92 Å². The number of rotatable bonds is 0. The van der Waals surface area contributed by atoms with Crippen LogP contribution in [0.2, 0.25) is 0 Å². The predicted octanol–water partition coefficient (Wildman–Crippen LogP) is 8.26. The molecule has 29 heavy (non-hydrogen) atoms. The molecule has 7 rings (SSSR count). The molecule has 0 saturated heterocycles. The first kappa shape index (κ1) is 15.3. The maximum Gasteiger partial charge on any atom is -0.00264 e. The molecular weight excluding hydrogens is 348 g/mol. The Balaban J connectivity index is 1.63. The fourth-order valence-electron chi connectivity index (χ4n) is 5.28. The van der Waals surface area contributed by atoms with E-state index in [0.717, 1.165) is 0 Å². The zero-order valence-corrected chi connectivity index (χ0v) is 16.2. The fraction of sp³-hybridized carbons (Fsp3) is 0.0345. The molecule has 1 aliphatic rings. The van der Waals surface area contributed by atoms with Crippen LogP contribution in [0.1, 0.15) is 5.56 Å². The third-order valence-electron chi connectivity index (χ3n) is 6.61. The second-order valence-electron chi connectivity index (χ2n) is 8.28. The van der Waals surface area contributed by atoms with E-state index >= 15 is 0 Å². The summed E-state index contributed by atoms with van der Waals surface area (Å²) in [6, 6.07) is 34.1. The summed E-state index contributed by atoms with van der Waals surface area (Å²) in [4.78, 5) is 0. The predicted molar refractivity (Wildman–Crippen MR) is 126 cm³/mol. The zero-order chi connectivity index (χ0) is 19.1. The molecule has 0 amide bonds. The summed E-state index contributed by atoms with van der Waals surface area (Å²) in [6.07, 6.45) is 0. The Labute approximate surface area is 169 Å². The lowest BCUT2D eigenvalue weighted by atomic mass is 9.93. The minimum absolute atomic E-state index is 1.31. The highest BCUT2D eigenvalue weighted by Crippen LogP contribution is 2.49. The lowest BCUT2D eigenvalue weighted by molar-refractivity contribution is 1.51. The number of hydrogen-bond acceptors (Lipinski definition) is 0. The first-order valence-corrected chi connectivity index (χ1v) is 10.2. The van der Waals surface area contributed by atoms with Gasteiger partial charge in [-0.05, 0) is 84.4 Å². The van der Waals surface area contributed by atoms with Gasteiger partial charge in [-0.1, -0.05) is 84.4 Å². The third kappa shape index (κ3) is 1.93. The molecule has 0 unspecified atom stereocenters. The number of hydrogen-bond donors (Lipinski definition) is 0. The van der Waals surface area contributed by atoms with E-state index < -0.39 is 0 Å². The molecule has 0 bridgehead atoms. The summed E-state index contributed by atoms with van der Waals surface area (Å²) in [7, 11) is 0. The molecule has 0 atom stereocenters. The van der Waals surface area contributed by atoms with Gasteiger partial charge in [0.25, 0.3) is 0 Å². The van der Waals surface area contributed by atoms with Crippen LogP contribution in [0.15, 0.2) is 91.0 Å². The molecule has 0 spiro atoms. The van der Waals surface area contributed by atoms with Gasteiger partial charge in [-0.2, -0.15) is 0 Å². The minimum Gasteiger partial charge on any atom is -0.0610 e. The van der Waals surface area contributed by atoms with Crippen LogP contribution in [0.3, 0.4) is 0 Å². The fourth-order valence-corrected chi connectivity index (χ4v) is 5.28. The first-order chi connectivity index (χ1) is 14.3. The summed E-state index contributed by atoms with van der Waals surface area (Å²) in [6.45, 7) is 2.16. The molecule has 0 heteroatoms. The van der Waals surface area contributed by atoms with E-state index in [4.69, 9.17) is 0 Å². The Bertz CT molecular complexity index is 1650. The van der Waals surface area contributed by atoms with Crippen molar-refractivity contribution in [1.82, 2.24) is 0 Å². The van der Waals surface area contributed by atoms with Crippen LogP contribution in [-0.2, 0) is 0 Å². The normalized spacial score (nSPS) is 12.3. The van der Waals surface area contributed by atoms with E-state index in [0.29, 0.717) is 0 Å². The van der Waals surface area contributed by atoms with Crippen molar-refractivity contribution >= 4 is 43.1 Å². The Morgan fingerprint density at radius 1 is 0.414 bits per heavy atom. The van der Waals surface area contributed by atoms with E-state index in [2.05, 4.69) is 97.9 Å². The van der Waals surface area contributed by atoms with Crippen LogP contribution >= 0.6 is 0 Å². The Hall–Kier alpha value is -3.64. The Morgan fingerprint density at radius 3 is 1.79 bits per heavy atom.